The molecule has 0 bridgehead atoms. The van der Waals surface area contributed by atoms with E-state index in [0.717, 1.165) is 24.5 Å². The van der Waals surface area contributed by atoms with E-state index in [2.05, 4.69) is 29.1 Å². The van der Waals surface area contributed by atoms with E-state index in [4.69, 9.17) is 5.73 Å². The molecule has 0 radical (unpaired) electrons. The van der Waals surface area contributed by atoms with Crippen LogP contribution < -0.4 is 11.1 Å². The molecule has 0 unspecified atom stereocenters. The fraction of sp³-hybridized carbons (Fsp3) is 0.600. The Hall–Kier alpha value is -1.00. The molecule has 0 atom stereocenters. The van der Waals surface area contributed by atoms with Crippen molar-refractivity contribution in [2.45, 2.75) is 26.3 Å². The van der Waals surface area contributed by atoms with Gasteiger partial charge in [0, 0.05) is 43.5 Å². The Kier molecular flexibility index (Phi) is 4.49. The molecule has 0 aliphatic rings. The Morgan fingerprint density at radius 1 is 1.36 bits per heavy atom. The lowest BCUT2D eigenvalue weighted by atomic mass is 10.2. The first-order valence-electron chi connectivity index (χ1n) is 4.95. The maximum absolute atomic E-state index is 5.36. The van der Waals surface area contributed by atoms with Crippen molar-refractivity contribution in [1.82, 2.24) is 15.3 Å². The summed E-state index contributed by atoms with van der Waals surface area (Å²) in [4.78, 5) is 8.55. The lowest BCUT2D eigenvalue weighted by molar-refractivity contribution is 0.684. The summed E-state index contributed by atoms with van der Waals surface area (Å²) in [5.74, 6) is 1.29. The van der Waals surface area contributed by atoms with Crippen molar-refractivity contribution in [3.8, 4) is 0 Å². The molecular weight excluding hydrogens is 176 g/mol. The fourth-order valence-corrected chi connectivity index (χ4v) is 1.09. The minimum absolute atomic E-state index is 0.390. The quantitative estimate of drug-likeness (QED) is 0.675. The van der Waals surface area contributed by atoms with Gasteiger partial charge < -0.3 is 11.1 Å². The van der Waals surface area contributed by atoms with Gasteiger partial charge in [-0.3, -0.25) is 0 Å². The standard InChI is InChI=1S/C10H18N4/c1-8(2)10-13-6-9(7-14-10)5-12-4-3-11/h6-8,12H,3-5,11H2,1-2H3. The van der Waals surface area contributed by atoms with Crippen LogP contribution in [0, 0.1) is 0 Å². The Labute approximate surface area is 85.0 Å². The van der Waals surface area contributed by atoms with Crippen molar-refractivity contribution in [3.63, 3.8) is 0 Å². The Balaban J connectivity index is 2.47. The van der Waals surface area contributed by atoms with Gasteiger partial charge in [0.15, 0.2) is 0 Å². The SMILES string of the molecule is CC(C)c1ncc(CNCCN)cn1. The van der Waals surface area contributed by atoms with Crippen LogP contribution in [0.3, 0.4) is 0 Å². The number of nitrogens with one attached hydrogen (secondary N) is 1. The van der Waals surface area contributed by atoms with Crippen LogP contribution in [0.2, 0.25) is 0 Å². The van der Waals surface area contributed by atoms with Crippen LogP contribution in [0.5, 0.6) is 0 Å². The van der Waals surface area contributed by atoms with Crippen LogP contribution in [-0.4, -0.2) is 23.1 Å². The van der Waals surface area contributed by atoms with Gasteiger partial charge in [0.05, 0.1) is 0 Å². The fourth-order valence-electron chi connectivity index (χ4n) is 1.09. The smallest absolute Gasteiger partial charge is 0.130 e. The van der Waals surface area contributed by atoms with E-state index in [1.165, 1.54) is 0 Å². The molecule has 0 saturated carbocycles. The maximum atomic E-state index is 5.36. The van der Waals surface area contributed by atoms with E-state index in [-0.39, 0.29) is 0 Å². The molecule has 4 nitrogen and oxygen atoms in total. The lowest BCUT2D eigenvalue weighted by Crippen LogP contribution is -2.22. The molecule has 0 amide bonds. The van der Waals surface area contributed by atoms with Gasteiger partial charge >= 0.3 is 0 Å². The molecule has 14 heavy (non-hydrogen) atoms. The number of hydrogen-bond donors (Lipinski definition) is 2. The Morgan fingerprint density at radius 2 is 2.00 bits per heavy atom. The van der Waals surface area contributed by atoms with Crippen molar-refractivity contribution in [1.29, 1.82) is 0 Å². The number of nitrogens with zero attached hydrogens (tertiary/aromatic N) is 2. The monoisotopic (exact) mass is 194 g/mol. The summed E-state index contributed by atoms with van der Waals surface area (Å²) in [6.45, 7) is 6.44. The summed E-state index contributed by atoms with van der Waals surface area (Å²) in [5.41, 5.74) is 6.46. The molecule has 0 aliphatic carbocycles. The van der Waals surface area contributed by atoms with E-state index >= 15 is 0 Å². The van der Waals surface area contributed by atoms with Crippen LogP contribution in [0.4, 0.5) is 0 Å². The number of nitrogens with two attached hydrogens (primary N) is 1. The van der Waals surface area contributed by atoms with Crippen LogP contribution in [0.15, 0.2) is 12.4 Å². The Morgan fingerprint density at radius 3 is 2.50 bits per heavy atom. The van der Waals surface area contributed by atoms with Crippen LogP contribution in [0.25, 0.3) is 0 Å². The molecule has 1 heterocycles. The zero-order valence-corrected chi connectivity index (χ0v) is 8.83. The molecule has 0 saturated heterocycles. The van der Waals surface area contributed by atoms with Gasteiger partial charge in [0.2, 0.25) is 0 Å². The van der Waals surface area contributed by atoms with Gasteiger partial charge in [-0.15, -0.1) is 0 Å². The van der Waals surface area contributed by atoms with Crippen molar-refractivity contribution in [2.24, 2.45) is 5.73 Å². The largest absolute Gasteiger partial charge is 0.329 e. The highest BCUT2D eigenvalue weighted by atomic mass is 14.9. The minimum Gasteiger partial charge on any atom is -0.329 e. The second kappa shape index (κ2) is 5.67. The predicted molar refractivity (Wildman–Crippen MR) is 56.9 cm³/mol. The first-order valence-corrected chi connectivity index (χ1v) is 4.95. The molecule has 0 aliphatic heterocycles. The van der Waals surface area contributed by atoms with Crippen LogP contribution in [-0.2, 0) is 6.54 Å². The summed E-state index contributed by atoms with van der Waals surface area (Å²) >= 11 is 0. The minimum atomic E-state index is 0.390. The molecule has 1 rings (SSSR count). The number of aromatic nitrogens is 2. The van der Waals surface area contributed by atoms with Crippen molar-refractivity contribution in [2.75, 3.05) is 13.1 Å². The van der Waals surface area contributed by atoms with Gasteiger partial charge in [0.1, 0.15) is 5.82 Å². The molecule has 1 aromatic rings. The van der Waals surface area contributed by atoms with E-state index in [1.807, 2.05) is 12.4 Å². The summed E-state index contributed by atoms with van der Waals surface area (Å²) < 4.78 is 0. The summed E-state index contributed by atoms with van der Waals surface area (Å²) in [6, 6.07) is 0. The van der Waals surface area contributed by atoms with Gasteiger partial charge in [0.25, 0.3) is 0 Å². The zero-order chi connectivity index (χ0) is 10.4. The van der Waals surface area contributed by atoms with E-state index in [9.17, 15) is 0 Å². The average Bonchev–Trinajstić information content (AvgIpc) is 2.19. The molecule has 4 heteroatoms. The van der Waals surface area contributed by atoms with Crippen molar-refractivity contribution in [3.05, 3.63) is 23.8 Å². The molecule has 1 aromatic heterocycles. The van der Waals surface area contributed by atoms with Gasteiger partial charge in [-0.2, -0.15) is 0 Å². The second-order valence-corrected chi connectivity index (χ2v) is 3.57. The third-order valence-electron chi connectivity index (χ3n) is 1.89. The highest BCUT2D eigenvalue weighted by Gasteiger charge is 2.01. The summed E-state index contributed by atoms with van der Waals surface area (Å²) in [6.07, 6.45) is 3.73. The molecule has 78 valence electrons. The van der Waals surface area contributed by atoms with Crippen molar-refractivity contribution < 1.29 is 0 Å². The first kappa shape index (κ1) is 11.1. The van der Waals surface area contributed by atoms with E-state index < -0.39 is 0 Å². The molecule has 3 N–H and O–H groups in total. The normalized spacial score (nSPS) is 10.9. The van der Waals surface area contributed by atoms with Crippen LogP contribution >= 0.6 is 0 Å². The number of hydrogen-bond acceptors (Lipinski definition) is 4. The van der Waals surface area contributed by atoms with Gasteiger partial charge in [-0.05, 0) is 0 Å². The summed E-state index contributed by atoms with van der Waals surface area (Å²) in [5, 5.41) is 3.20. The molecule has 0 spiro atoms. The highest BCUT2D eigenvalue weighted by Crippen LogP contribution is 2.07. The van der Waals surface area contributed by atoms with E-state index in [0.29, 0.717) is 12.5 Å². The maximum Gasteiger partial charge on any atom is 0.130 e. The molecule has 0 fully saturated rings. The highest BCUT2D eigenvalue weighted by molar-refractivity contribution is 5.06. The lowest BCUT2D eigenvalue weighted by Gasteiger charge is -2.05. The second-order valence-electron chi connectivity index (χ2n) is 3.57. The Bertz CT molecular complexity index is 255. The molecular formula is C10H18N4. The van der Waals surface area contributed by atoms with Crippen LogP contribution in [0.1, 0.15) is 31.2 Å². The number of rotatable bonds is 5. The average molecular weight is 194 g/mol. The predicted octanol–water partition coefficient (Wildman–Crippen LogP) is 0.648. The topological polar surface area (TPSA) is 63.8 Å². The van der Waals surface area contributed by atoms with Crippen molar-refractivity contribution >= 4 is 0 Å². The molecule has 0 aromatic carbocycles. The van der Waals surface area contributed by atoms with E-state index in [1.54, 1.807) is 0 Å². The summed E-state index contributed by atoms with van der Waals surface area (Å²) in [7, 11) is 0. The van der Waals surface area contributed by atoms with Gasteiger partial charge in [-0.25, -0.2) is 9.97 Å². The zero-order valence-electron chi connectivity index (χ0n) is 8.83. The third kappa shape index (κ3) is 3.40. The third-order valence-corrected chi connectivity index (χ3v) is 1.89. The first-order chi connectivity index (χ1) is 6.74. The van der Waals surface area contributed by atoms with Gasteiger partial charge in [-0.1, -0.05) is 13.8 Å².